The fraction of sp³-hybridized carbons (Fsp3) is 0.167. The third-order valence-electron chi connectivity index (χ3n) is 2.86. The van der Waals surface area contributed by atoms with Crippen molar-refractivity contribution in [3.63, 3.8) is 0 Å². The summed E-state index contributed by atoms with van der Waals surface area (Å²) in [5, 5.41) is 16.3. The third kappa shape index (κ3) is 1.23. The zero-order chi connectivity index (χ0) is 11.1. The van der Waals surface area contributed by atoms with Crippen LogP contribution >= 0.6 is 0 Å². The van der Waals surface area contributed by atoms with Crippen molar-refractivity contribution in [1.82, 2.24) is 10.2 Å². The van der Waals surface area contributed by atoms with Crippen molar-refractivity contribution in [2.24, 2.45) is 0 Å². The number of rotatable bonds is 1. The number of Topliss-reactive ketones (excluding diaryl/α,β-unsaturated/α-hetero) is 1. The summed E-state index contributed by atoms with van der Waals surface area (Å²) in [7, 11) is 0. The van der Waals surface area contributed by atoms with E-state index in [1.807, 2.05) is 0 Å². The highest BCUT2D eigenvalue weighted by Crippen LogP contribution is 2.30. The Morgan fingerprint density at radius 2 is 1.94 bits per heavy atom. The van der Waals surface area contributed by atoms with Gasteiger partial charge >= 0.3 is 0 Å². The molecule has 4 nitrogen and oxygen atoms in total. The van der Waals surface area contributed by atoms with Crippen LogP contribution in [0.25, 0.3) is 11.3 Å². The third-order valence-corrected chi connectivity index (χ3v) is 2.86. The molecule has 0 atom stereocenters. The number of nitrogens with zero attached hydrogens (tertiary/aromatic N) is 1. The smallest absolute Gasteiger partial charge is 0.167 e. The number of carbonyl (C=O) groups is 1. The van der Waals surface area contributed by atoms with Gasteiger partial charge in [-0.15, -0.1) is 0 Å². The summed E-state index contributed by atoms with van der Waals surface area (Å²) in [6, 6.07) is 6.71. The van der Waals surface area contributed by atoms with Gasteiger partial charge in [0.1, 0.15) is 11.4 Å². The molecule has 1 heterocycles. The Labute approximate surface area is 91.9 Å². The molecule has 4 heteroatoms. The van der Waals surface area contributed by atoms with Gasteiger partial charge in [-0.1, -0.05) is 0 Å². The van der Waals surface area contributed by atoms with Crippen molar-refractivity contribution < 1.29 is 9.90 Å². The highest BCUT2D eigenvalue weighted by Gasteiger charge is 2.26. The molecular formula is C12H10N2O2. The van der Waals surface area contributed by atoms with Gasteiger partial charge in [0.25, 0.3) is 0 Å². The van der Waals surface area contributed by atoms with Crippen LogP contribution in [0.1, 0.15) is 22.5 Å². The highest BCUT2D eigenvalue weighted by molar-refractivity contribution is 6.05. The number of ketones is 1. The number of aromatic hydroxyl groups is 1. The summed E-state index contributed by atoms with van der Waals surface area (Å²) in [6.45, 7) is 0. The van der Waals surface area contributed by atoms with Crippen LogP contribution in [-0.2, 0) is 6.42 Å². The first kappa shape index (κ1) is 9.15. The molecule has 3 rings (SSSR count). The van der Waals surface area contributed by atoms with Gasteiger partial charge in [0.05, 0.1) is 5.56 Å². The fourth-order valence-electron chi connectivity index (χ4n) is 2.05. The van der Waals surface area contributed by atoms with Crippen molar-refractivity contribution in [2.45, 2.75) is 12.8 Å². The minimum atomic E-state index is 0.145. The number of aromatic amines is 1. The molecule has 0 spiro atoms. The summed E-state index contributed by atoms with van der Waals surface area (Å²) in [5.74, 6) is 0.356. The molecule has 1 aliphatic rings. The predicted molar refractivity (Wildman–Crippen MR) is 58.3 cm³/mol. The number of H-pyrrole nitrogens is 1. The van der Waals surface area contributed by atoms with Crippen LogP contribution in [0, 0.1) is 0 Å². The van der Waals surface area contributed by atoms with Crippen LogP contribution in [0.2, 0.25) is 0 Å². The molecule has 2 aromatic rings. The molecule has 2 N–H and O–H groups in total. The summed E-state index contributed by atoms with van der Waals surface area (Å²) in [6.07, 6.45) is 1.31. The largest absolute Gasteiger partial charge is 0.508 e. The second-order valence-corrected chi connectivity index (χ2v) is 3.90. The van der Waals surface area contributed by atoms with E-state index in [1.54, 1.807) is 24.3 Å². The van der Waals surface area contributed by atoms with Gasteiger partial charge in [0.2, 0.25) is 0 Å². The van der Waals surface area contributed by atoms with Gasteiger partial charge in [-0.05, 0) is 30.7 Å². The number of fused-ring (bicyclic) bond motifs is 1. The Kier molecular flexibility index (Phi) is 1.83. The van der Waals surface area contributed by atoms with E-state index in [4.69, 9.17) is 0 Å². The van der Waals surface area contributed by atoms with Crippen molar-refractivity contribution in [1.29, 1.82) is 0 Å². The number of carbonyl (C=O) groups excluding carboxylic acids is 1. The molecule has 0 fully saturated rings. The van der Waals surface area contributed by atoms with Crippen LogP contribution in [0.5, 0.6) is 5.75 Å². The Morgan fingerprint density at radius 3 is 2.69 bits per heavy atom. The zero-order valence-electron chi connectivity index (χ0n) is 8.53. The monoisotopic (exact) mass is 214 g/mol. The van der Waals surface area contributed by atoms with Gasteiger partial charge in [-0.25, -0.2) is 0 Å². The Hall–Kier alpha value is -2.10. The zero-order valence-corrected chi connectivity index (χ0v) is 8.53. The summed E-state index contributed by atoms with van der Waals surface area (Å²) in [4.78, 5) is 11.7. The number of phenolic OH excluding ortho intramolecular Hbond substituents is 1. The Bertz CT molecular complexity index is 555. The second-order valence-electron chi connectivity index (χ2n) is 3.90. The van der Waals surface area contributed by atoms with Crippen molar-refractivity contribution in [3.8, 4) is 17.0 Å². The molecule has 0 saturated carbocycles. The molecule has 0 unspecified atom stereocenters. The van der Waals surface area contributed by atoms with E-state index >= 15 is 0 Å². The van der Waals surface area contributed by atoms with Gasteiger partial charge in [-0.3, -0.25) is 9.89 Å². The van der Waals surface area contributed by atoms with Crippen LogP contribution in [0.3, 0.4) is 0 Å². The lowest BCUT2D eigenvalue weighted by atomic mass is 10.1. The molecule has 1 aliphatic carbocycles. The lowest BCUT2D eigenvalue weighted by molar-refractivity contribution is 0.0995. The van der Waals surface area contributed by atoms with E-state index in [-0.39, 0.29) is 11.5 Å². The Morgan fingerprint density at radius 1 is 1.19 bits per heavy atom. The molecule has 1 aromatic carbocycles. The van der Waals surface area contributed by atoms with Gasteiger partial charge in [0, 0.05) is 17.7 Å². The van der Waals surface area contributed by atoms with E-state index in [1.165, 1.54) is 0 Å². The number of phenols is 1. The number of aryl methyl sites for hydroxylation is 1. The van der Waals surface area contributed by atoms with Gasteiger partial charge in [-0.2, -0.15) is 5.10 Å². The predicted octanol–water partition coefficient (Wildman–Crippen LogP) is 1.91. The number of hydrogen-bond acceptors (Lipinski definition) is 3. The SMILES string of the molecule is O=C1CCc2[nH]nc(-c3ccc(O)cc3)c21. The molecule has 0 radical (unpaired) electrons. The fourth-order valence-corrected chi connectivity index (χ4v) is 2.05. The van der Waals surface area contributed by atoms with Crippen LogP contribution in [-0.4, -0.2) is 21.1 Å². The lowest BCUT2D eigenvalue weighted by Crippen LogP contribution is -1.93. The van der Waals surface area contributed by atoms with Crippen LogP contribution in [0.4, 0.5) is 0 Å². The average molecular weight is 214 g/mol. The topological polar surface area (TPSA) is 66.0 Å². The molecule has 0 aliphatic heterocycles. The molecule has 0 amide bonds. The highest BCUT2D eigenvalue weighted by atomic mass is 16.3. The normalized spacial score (nSPS) is 14.1. The standard InChI is InChI=1S/C12H10N2O2/c15-8-3-1-7(2-4-8)12-11-9(13-14-12)5-6-10(11)16/h1-4,15H,5-6H2,(H,13,14). The molecule has 0 bridgehead atoms. The maximum atomic E-state index is 11.7. The van der Waals surface area contributed by atoms with Crippen LogP contribution < -0.4 is 0 Å². The maximum Gasteiger partial charge on any atom is 0.167 e. The summed E-state index contributed by atoms with van der Waals surface area (Å²) in [5.41, 5.74) is 3.18. The quantitative estimate of drug-likeness (QED) is 0.762. The number of aromatic nitrogens is 2. The number of benzene rings is 1. The van der Waals surface area contributed by atoms with E-state index in [2.05, 4.69) is 10.2 Å². The van der Waals surface area contributed by atoms with Crippen LogP contribution in [0.15, 0.2) is 24.3 Å². The van der Waals surface area contributed by atoms with E-state index in [0.717, 1.165) is 17.7 Å². The van der Waals surface area contributed by atoms with Crippen molar-refractivity contribution >= 4 is 5.78 Å². The molecular weight excluding hydrogens is 204 g/mol. The van der Waals surface area contributed by atoms with E-state index in [0.29, 0.717) is 17.7 Å². The first-order valence-corrected chi connectivity index (χ1v) is 5.15. The number of hydrogen-bond donors (Lipinski definition) is 2. The summed E-state index contributed by atoms with van der Waals surface area (Å²) < 4.78 is 0. The van der Waals surface area contributed by atoms with Crippen molar-refractivity contribution in [3.05, 3.63) is 35.5 Å². The van der Waals surface area contributed by atoms with Gasteiger partial charge in [0.15, 0.2) is 5.78 Å². The maximum absolute atomic E-state index is 11.7. The van der Waals surface area contributed by atoms with E-state index < -0.39 is 0 Å². The first-order valence-electron chi connectivity index (χ1n) is 5.15. The number of nitrogens with one attached hydrogen (secondary N) is 1. The molecule has 1 aromatic heterocycles. The second kappa shape index (κ2) is 3.20. The minimum Gasteiger partial charge on any atom is -0.508 e. The minimum absolute atomic E-state index is 0.145. The first-order chi connectivity index (χ1) is 7.75. The van der Waals surface area contributed by atoms with Gasteiger partial charge < -0.3 is 5.11 Å². The van der Waals surface area contributed by atoms with E-state index in [9.17, 15) is 9.90 Å². The van der Waals surface area contributed by atoms with Crippen molar-refractivity contribution in [2.75, 3.05) is 0 Å². The average Bonchev–Trinajstić information content (AvgIpc) is 2.84. The Balaban J connectivity index is 2.14. The lowest BCUT2D eigenvalue weighted by Gasteiger charge is -1.99. The molecule has 16 heavy (non-hydrogen) atoms. The molecule has 80 valence electrons. The molecule has 0 saturated heterocycles. The summed E-state index contributed by atoms with van der Waals surface area (Å²) >= 11 is 0.